The number of hydrogen-bond donors (Lipinski definition) is 1. The molecule has 2 aliphatic heterocycles. The van der Waals surface area contributed by atoms with E-state index in [1.165, 1.54) is 11.9 Å². The van der Waals surface area contributed by atoms with Crippen LogP contribution in [0, 0.1) is 5.82 Å². The number of alkyl halides is 2. The molecule has 0 bridgehead atoms. The quantitative estimate of drug-likeness (QED) is 0.407. The summed E-state index contributed by atoms with van der Waals surface area (Å²) in [5.74, 6) is -7.00. The Morgan fingerprint density at radius 3 is 2.56 bits per heavy atom. The fourth-order valence-electron chi connectivity index (χ4n) is 5.35. The predicted molar refractivity (Wildman–Crippen MR) is 157 cm³/mol. The van der Waals surface area contributed by atoms with Gasteiger partial charge in [0.15, 0.2) is 9.84 Å². The minimum Gasteiger partial charge on any atom is -0.444 e. The Hall–Kier alpha value is -3.69. The Bertz CT molecular complexity index is 1730. The lowest BCUT2D eigenvalue weighted by molar-refractivity contribution is -0.120. The Balaban J connectivity index is 1.57. The molecule has 5 rings (SSSR count). The van der Waals surface area contributed by atoms with Crippen LogP contribution in [0.4, 0.5) is 23.7 Å². The number of rotatable bonds is 5. The summed E-state index contributed by atoms with van der Waals surface area (Å²) < 4.78 is 81.8. The van der Waals surface area contributed by atoms with E-state index in [0.717, 1.165) is 17.0 Å². The smallest absolute Gasteiger partial charge is 0.408 e. The molecule has 0 aliphatic carbocycles. The molecule has 1 aromatic heterocycles. The monoisotopic (exact) mass is 669 g/mol. The molecular formula is C29H31ClF3N5O6S. The third-order valence-electron chi connectivity index (χ3n) is 7.18. The van der Waals surface area contributed by atoms with Crippen molar-refractivity contribution in [3.63, 3.8) is 0 Å². The Labute approximate surface area is 262 Å². The van der Waals surface area contributed by atoms with Crippen molar-refractivity contribution in [2.75, 3.05) is 30.8 Å². The molecule has 45 heavy (non-hydrogen) atoms. The fraction of sp³-hybridized carbons (Fsp3) is 0.448. The van der Waals surface area contributed by atoms with Gasteiger partial charge in [-0.05, 0) is 57.6 Å². The number of hydrogen-bond acceptors (Lipinski definition) is 9. The summed E-state index contributed by atoms with van der Waals surface area (Å²) in [6.45, 7) is 4.40. The fourth-order valence-corrected chi connectivity index (χ4v) is 7.09. The highest BCUT2D eigenvalue weighted by molar-refractivity contribution is 7.91. The van der Waals surface area contributed by atoms with Gasteiger partial charge >= 0.3 is 6.09 Å². The third-order valence-corrected chi connectivity index (χ3v) is 9.20. The van der Waals surface area contributed by atoms with E-state index in [4.69, 9.17) is 20.9 Å². The molecule has 1 fully saturated rings. The topological polar surface area (TPSA) is 135 Å². The standard InChI is InChI=1S/C29H31ClF3N5O6S/c1-28(2,3)43-27(40)34-21-14-45(41,42)23-10-20(31)19(9-22(23)38(26(21)39)12-16-5-7-18(30)8-6-16)24-35-25(44-36-24)17-11-29(32,33)15-37(4)13-17/h5-10,17,21H,11-15H2,1-4H3,(H,34,40)/t17?,21-/m0/s1. The number of sulfone groups is 1. The maximum atomic E-state index is 15.6. The molecule has 1 unspecified atom stereocenters. The van der Waals surface area contributed by atoms with Gasteiger partial charge in [0.05, 0.1) is 40.9 Å². The van der Waals surface area contributed by atoms with Gasteiger partial charge in [0.1, 0.15) is 17.5 Å². The number of carbonyl (C=O) groups is 2. The van der Waals surface area contributed by atoms with E-state index in [9.17, 15) is 26.8 Å². The highest BCUT2D eigenvalue weighted by atomic mass is 35.5. The highest BCUT2D eigenvalue weighted by Crippen LogP contribution is 2.39. The second-order valence-corrected chi connectivity index (χ2v) is 14.7. The number of amides is 2. The summed E-state index contributed by atoms with van der Waals surface area (Å²) in [6, 6.07) is 6.67. The molecule has 0 spiro atoms. The molecule has 3 heterocycles. The Morgan fingerprint density at radius 1 is 1.22 bits per heavy atom. The summed E-state index contributed by atoms with van der Waals surface area (Å²) in [4.78, 5) is 32.8. The van der Waals surface area contributed by atoms with Gasteiger partial charge in [-0.15, -0.1) is 0 Å². The van der Waals surface area contributed by atoms with E-state index in [2.05, 4.69) is 15.5 Å². The Morgan fingerprint density at radius 2 is 1.91 bits per heavy atom. The van der Waals surface area contributed by atoms with Gasteiger partial charge in [0.25, 0.3) is 11.8 Å². The summed E-state index contributed by atoms with van der Waals surface area (Å²) in [5, 5.41) is 6.56. The van der Waals surface area contributed by atoms with E-state index in [1.807, 2.05) is 0 Å². The molecule has 3 aromatic rings. The number of fused-ring (bicyclic) bond motifs is 1. The van der Waals surface area contributed by atoms with Gasteiger partial charge in [-0.1, -0.05) is 28.9 Å². The van der Waals surface area contributed by atoms with Crippen molar-refractivity contribution < 1.29 is 40.4 Å². The zero-order valence-corrected chi connectivity index (χ0v) is 26.4. The molecular weight excluding hydrogens is 639 g/mol. The number of benzene rings is 2. The number of aromatic nitrogens is 2. The minimum absolute atomic E-state index is 0.131. The van der Waals surface area contributed by atoms with Gasteiger partial charge < -0.3 is 19.5 Å². The number of nitrogens with zero attached hydrogens (tertiary/aromatic N) is 4. The van der Waals surface area contributed by atoms with Gasteiger partial charge in [0, 0.05) is 18.0 Å². The van der Waals surface area contributed by atoms with Gasteiger partial charge in [0.2, 0.25) is 11.7 Å². The summed E-state index contributed by atoms with van der Waals surface area (Å²) in [6.07, 6.45) is -1.56. The molecule has 0 radical (unpaired) electrons. The SMILES string of the molecule is CN1CC(c2nc(-c3cc4c(cc3F)S(=O)(=O)C[C@H](NC(=O)OC(C)(C)C)C(=O)N4Cc3ccc(Cl)cc3)no2)CC(F)(F)C1. The number of piperidine rings is 1. The first-order valence-corrected chi connectivity index (χ1v) is 16.0. The van der Waals surface area contributed by atoms with Crippen molar-refractivity contribution in [3.8, 4) is 11.4 Å². The van der Waals surface area contributed by atoms with Crippen LogP contribution in [-0.2, 0) is 25.9 Å². The second kappa shape index (κ2) is 11.9. The molecule has 0 saturated carbocycles. The molecule has 11 nitrogen and oxygen atoms in total. The molecule has 2 atom stereocenters. The number of halogens is 4. The van der Waals surface area contributed by atoms with Crippen LogP contribution in [0.15, 0.2) is 45.8 Å². The first-order valence-electron chi connectivity index (χ1n) is 13.9. The number of nitrogens with one attached hydrogen (secondary N) is 1. The van der Waals surface area contributed by atoms with E-state index in [-0.39, 0.29) is 36.1 Å². The zero-order chi connectivity index (χ0) is 32.9. The van der Waals surface area contributed by atoms with Crippen LogP contribution < -0.4 is 10.2 Å². The molecule has 1 N–H and O–H groups in total. The van der Waals surface area contributed by atoms with Crippen LogP contribution >= 0.6 is 11.6 Å². The zero-order valence-electron chi connectivity index (χ0n) is 24.8. The van der Waals surface area contributed by atoms with E-state index in [1.54, 1.807) is 45.0 Å². The second-order valence-electron chi connectivity index (χ2n) is 12.2. The predicted octanol–water partition coefficient (Wildman–Crippen LogP) is 4.80. The number of likely N-dealkylation sites (tertiary alicyclic amines) is 1. The van der Waals surface area contributed by atoms with E-state index < -0.39 is 74.8 Å². The molecule has 2 aromatic carbocycles. The highest BCUT2D eigenvalue weighted by Gasteiger charge is 2.43. The van der Waals surface area contributed by atoms with Crippen molar-refractivity contribution in [2.45, 2.75) is 62.1 Å². The largest absolute Gasteiger partial charge is 0.444 e. The number of alkyl carbamates (subject to hydrolysis) is 1. The molecule has 2 amide bonds. The Kier molecular flexibility index (Phi) is 8.66. The normalized spacial score (nSPS) is 21.6. The average Bonchev–Trinajstić information content (AvgIpc) is 3.38. The van der Waals surface area contributed by atoms with Crippen molar-refractivity contribution in [1.82, 2.24) is 20.4 Å². The lowest BCUT2D eigenvalue weighted by atomic mass is 9.95. The van der Waals surface area contributed by atoms with Gasteiger partial charge in [-0.2, -0.15) is 4.98 Å². The van der Waals surface area contributed by atoms with Crippen LogP contribution in [0.25, 0.3) is 11.4 Å². The lowest BCUT2D eigenvalue weighted by Crippen LogP contribution is -2.51. The number of carbonyl (C=O) groups excluding carboxylic acids is 2. The van der Waals surface area contributed by atoms with Crippen LogP contribution in [0.3, 0.4) is 0 Å². The van der Waals surface area contributed by atoms with Gasteiger partial charge in [-0.25, -0.2) is 26.4 Å². The third kappa shape index (κ3) is 7.42. The van der Waals surface area contributed by atoms with E-state index in [0.29, 0.717) is 10.6 Å². The number of ether oxygens (including phenoxy) is 1. The van der Waals surface area contributed by atoms with Crippen LogP contribution in [-0.4, -0.2) is 78.9 Å². The maximum absolute atomic E-state index is 15.6. The minimum atomic E-state index is -4.38. The summed E-state index contributed by atoms with van der Waals surface area (Å²) in [7, 11) is -2.85. The van der Waals surface area contributed by atoms with Crippen molar-refractivity contribution >= 4 is 39.1 Å². The summed E-state index contributed by atoms with van der Waals surface area (Å²) in [5.41, 5.74) is -0.908. The molecule has 1 saturated heterocycles. The van der Waals surface area contributed by atoms with Gasteiger partial charge in [-0.3, -0.25) is 9.69 Å². The number of anilines is 1. The van der Waals surface area contributed by atoms with E-state index >= 15 is 4.39 Å². The van der Waals surface area contributed by atoms with Crippen molar-refractivity contribution in [3.05, 3.63) is 58.7 Å². The lowest BCUT2D eigenvalue weighted by Gasteiger charge is -2.33. The molecule has 242 valence electrons. The summed E-state index contributed by atoms with van der Waals surface area (Å²) >= 11 is 6.02. The van der Waals surface area contributed by atoms with Crippen molar-refractivity contribution in [2.24, 2.45) is 0 Å². The molecule has 16 heteroatoms. The van der Waals surface area contributed by atoms with Crippen LogP contribution in [0.5, 0.6) is 0 Å². The first kappa shape index (κ1) is 32.7. The average molecular weight is 670 g/mol. The first-order chi connectivity index (χ1) is 20.9. The van der Waals surface area contributed by atoms with Crippen LogP contribution in [0.1, 0.15) is 44.6 Å². The number of likely N-dealkylation sites (N-methyl/N-ethyl adjacent to an activating group) is 1. The molecule has 2 aliphatic rings. The maximum Gasteiger partial charge on any atom is 0.408 e. The van der Waals surface area contributed by atoms with Crippen molar-refractivity contribution in [1.29, 1.82) is 0 Å². The van der Waals surface area contributed by atoms with Crippen LogP contribution in [0.2, 0.25) is 5.02 Å².